The van der Waals surface area contributed by atoms with Crippen LogP contribution in [0.5, 0.6) is 0 Å². The predicted molar refractivity (Wildman–Crippen MR) is 87.0 cm³/mol. The summed E-state index contributed by atoms with van der Waals surface area (Å²) in [5, 5.41) is 4.18. The molecule has 1 fully saturated rings. The minimum absolute atomic E-state index is 0.222. The molecule has 5 nitrogen and oxygen atoms in total. The molecule has 126 valence electrons. The van der Waals surface area contributed by atoms with Crippen LogP contribution in [0, 0.1) is 11.7 Å². The van der Waals surface area contributed by atoms with Gasteiger partial charge in [-0.3, -0.25) is 0 Å². The van der Waals surface area contributed by atoms with E-state index in [0.29, 0.717) is 25.2 Å². The van der Waals surface area contributed by atoms with Gasteiger partial charge in [-0.2, -0.15) is 0 Å². The van der Waals surface area contributed by atoms with Crippen LogP contribution in [0.1, 0.15) is 19.1 Å². The summed E-state index contributed by atoms with van der Waals surface area (Å²) in [4.78, 5) is 0. The number of furan rings is 1. The normalized spacial score (nSPS) is 23.4. The lowest BCUT2D eigenvalue weighted by molar-refractivity contribution is 0.217. The minimum Gasteiger partial charge on any atom is -0.460 e. The van der Waals surface area contributed by atoms with E-state index in [1.165, 1.54) is 22.7 Å². The van der Waals surface area contributed by atoms with Gasteiger partial charge >= 0.3 is 0 Å². The molecule has 23 heavy (non-hydrogen) atoms. The lowest BCUT2D eigenvalue weighted by Crippen LogP contribution is -2.49. The standard InChI is InChI=1S/C16H21FN2O3S/c1-11-10-19(23(2,20)21)6-5-15(11)18-9-14-8-12-7-13(17)3-4-16(12)22-14/h3-4,7-8,11,15,18H,5-6,9-10H2,1-2H3/t11-,15-/m0/s1. The van der Waals surface area contributed by atoms with Crippen molar-refractivity contribution in [2.75, 3.05) is 19.3 Å². The highest BCUT2D eigenvalue weighted by molar-refractivity contribution is 7.88. The first-order valence-corrected chi connectivity index (χ1v) is 9.54. The maximum atomic E-state index is 13.2. The zero-order valence-electron chi connectivity index (χ0n) is 13.3. The van der Waals surface area contributed by atoms with Crippen molar-refractivity contribution in [3.05, 3.63) is 35.8 Å². The summed E-state index contributed by atoms with van der Waals surface area (Å²) in [6, 6.07) is 6.53. The Bertz CT molecular complexity index is 803. The number of nitrogens with one attached hydrogen (secondary N) is 1. The van der Waals surface area contributed by atoms with E-state index in [1.807, 2.05) is 13.0 Å². The Balaban J connectivity index is 1.61. The van der Waals surface area contributed by atoms with E-state index < -0.39 is 10.0 Å². The molecule has 0 aliphatic carbocycles. The number of hydrogen-bond acceptors (Lipinski definition) is 4. The van der Waals surface area contributed by atoms with Crippen LogP contribution in [-0.2, 0) is 16.6 Å². The van der Waals surface area contributed by atoms with Crippen LogP contribution in [0.2, 0.25) is 0 Å². The molecule has 0 radical (unpaired) electrons. The van der Waals surface area contributed by atoms with Crippen molar-refractivity contribution in [1.82, 2.24) is 9.62 Å². The zero-order chi connectivity index (χ0) is 16.6. The molecule has 1 aromatic carbocycles. The van der Waals surface area contributed by atoms with Gasteiger partial charge < -0.3 is 9.73 Å². The number of benzene rings is 1. The van der Waals surface area contributed by atoms with Crippen LogP contribution in [0.4, 0.5) is 4.39 Å². The smallest absolute Gasteiger partial charge is 0.211 e. The van der Waals surface area contributed by atoms with Crippen molar-refractivity contribution in [3.63, 3.8) is 0 Å². The Labute approximate surface area is 135 Å². The van der Waals surface area contributed by atoms with E-state index in [1.54, 1.807) is 6.07 Å². The summed E-state index contributed by atoms with van der Waals surface area (Å²) < 4.78 is 43.6. The van der Waals surface area contributed by atoms with Gasteiger partial charge in [-0.15, -0.1) is 0 Å². The summed E-state index contributed by atoms with van der Waals surface area (Å²) >= 11 is 0. The molecule has 1 saturated heterocycles. The van der Waals surface area contributed by atoms with Crippen LogP contribution >= 0.6 is 0 Å². The van der Waals surface area contributed by atoms with Gasteiger partial charge in [0, 0.05) is 24.5 Å². The summed E-state index contributed by atoms with van der Waals surface area (Å²) in [7, 11) is -3.12. The molecule has 2 aromatic rings. The van der Waals surface area contributed by atoms with Crippen LogP contribution < -0.4 is 5.32 Å². The van der Waals surface area contributed by atoms with E-state index in [2.05, 4.69) is 5.32 Å². The lowest BCUT2D eigenvalue weighted by atomic mass is 9.95. The third kappa shape index (κ3) is 3.73. The van der Waals surface area contributed by atoms with E-state index in [4.69, 9.17) is 4.42 Å². The quantitative estimate of drug-likeness (QED) is 0.928. The van der Waals surface area contributed by atoms with Gasteiger partial charge in [-0.1, -0.05) is 6.92 Å². The Kier molecular flexibility index (Phi) is 4.44. The molecule has 3 rings (SSSR count). The van der Waals surface area contributed by atoms with E-state index in [9.17, 15) is 12.8 Å². The molecular weight excluding hydrogens is 319 g/mol. The first kappa shape index (κ1) is 16.4. The van der Waals surface area contributed by atoms with Gasteiger partial charge in [-0.05, 0) is 36.6 Å². The highest BCUT2D eigenvalue weighted by atomic mass is 32.2. The second kappa shape index (κ2) is 6.22. The molecule has 1 aliphatic heterocycles. The molecule has 0 unspecified atom stereocenters. The minimum atomic E-state index is -3.12. The fourth-order valence-corrected chi connectivity index (χ4v) is 4.04. The van der Waals surface area contributed by atoms with Gasteiger partial charge in [0.2, 0.25) is 10.0 Å². The Morgan fingerprint density at radius 1 is 1.39 bits per heavy atom. The summed E-state index contributed by atoms with van der Waals surface area (Å²) in [5.74, 6) is 0.697. The molecule has 0 saturated carbocycles. The average Bonchev–Trinajstić information content (AvgIpc) is 2.86. The Morgan fingerprint density at radius 2 is 2.17 bits per heavy atom. The van der Waals surface area contributed by atoms with Crippen LogP contribution in [0.25, 0.3) is 11.0 Å². The molecule has 1 aliphatic rings. The topological polar surface area (TPSA) is 62.6 Å². The molecule has 7 heteroatoms. The van der Waals surface area contributed by atoms with Crippen LogP contribution in [0.15, 0.2) is 28.7 Å². The Morgan fingerprint density at radius 3 is 2.87 bits per heavy atom. The van der Waals surface area contributed by atoms with Crippen molar-refractivity contribution < 1.29 is 17.2 Å². The van der Waals surface area contributed by atoms with Gasteiger partial charge in [0.25, 0.3) is 0 Å². The van der Waals surface area contributed by atoms with E-state index in [0.717, 1.165) is 17.6 Å². The zero-order valence-corrected chi connectivity index (χ0v) is 14.1. The second-order valence-electron chi connectivity index (χ2n) is 6.27. The molecular formula is C16H21FN2O3S. The van der Waals surface area contributed by atoms with Gasteiger partial charge in [0.1, 0.15) is 17.2 Å². The number of fused-ring (bicyclic) bond motifs is 1. The van der Waals surface area contributed by atoms with Crippen molar-refractivity contribution in [2.45, 2.75) is 25.9 Å². The van der Waals surface area contributed by atoms with Crippen LogP contribution in [0.3, 0.4) is 0 Å². The number of halogens is 1. The van der Waals surface area contributed by atoms with Crippen molar-refractivity contribution in [3.8, 4) is 0 Å². The fraction of sp³-hybridized carbons (Fsp3) is 0.500. The summed E-state index contributed by atoms with van der Waals surface area (Å²) in [5.41, 5.74) is 0.670. The van der Waals surface area contributed by atoms with Crippen molar-refractivity contribution in [1.29, 1.82) is 0 Å². The third-order valence-corrected chi connectivity index (χ3v) is 5.67. The van der Waals surface area contributed by atoms with Crippen molar-refractivity contribution in [2.24, 2.45) is 5.92 Å². The average molecular weight is 340 g/mol. The number of piperidine rings is 1. The third-order valence-electron chi connectivity index (χ3n) is 4.40. The maximum absolute atomic E-state index is 13.2. The molecule has 0 amide bonds. The maximum Gasteiger partial charge on any atom is 0.211 e. The number of nitrogens with zero attached hydrogens (tertiary/aromatic N) is 1. The van der Waals surface area contributed by atoms with E-state index in [-0.39, 0.29) is 17.8 Å². The number of rotatable bonds is 4. The highest BCUT2D eigenvalue weighted by Crippen LogP contribution is 2.22. The van der Waals surface area contributed by atoms with E-state index >= 15 is 0 Å². The molecule has 1 N–H and O–H groups in total. The van der Waals surface area contributed by atoms with Gasteiger partial charge in [0.15, 0.2) is 0 Å². The van der Waals surface area contributed by atoms with Crippen LogP contribution in [-0.4, -0.2) is 38.1 Å². The predicted octanol–water partition coefficient (Wildman–Crippen LogP) is 2.33. The highest BCUT2D eigenvalue weighted by Gasteiger charge is 2.30. The molecule has 2 atom stereocenters. The summed E-state index contributed by atoms with van der Waals surface area (Å²) in [6.07, 6.45) is 2.02. The second-order valence-corrected chi connectivity index (χ2v) is 8.25. The molecule has 0 bridgehead atoms. The van der Waals surface area contributed by atoms with Gasteiger partial charge in [-0.25, -0.2) is 17.1 Å². The summed E-state index contributed by atoms with van der Waals surface area (Å²) in [6.45, 7) is 3.65. The fourth-order valence-electron chi connectivity index (χ4n) is 3.10. The molecule has 1 aromatic heterocycles. The number of hydrogen-bond donors (Lipinski definition) is 1. The first-order chi connectivity index (χ1) is 10.8. The number of sulfonamides is 1. The first-order valence-electron chi connectivity index (χ1n) is 7.69. The Hall–Kier alpha value is -1.44. The van der Waals surface area contributed by atoms with Crippen molar-refractivity contribution >= 4 is 21.0 Å². The lowest BCUT2D eigenvalue weighted by Gasteiger charge is -2.35. The largest absolute Gasteiger partial charge is 0.460 e. The van der Waals surface area contributed by atoms with Gasteiger partial charge in [0.05, 0.1) is 12.8 Å². The SMILES string of the molecule is C[C@H]1CN(S(C)(=O)=O)CC[C@@H]1NCc1cc2cc(F)ccc2o1. The monoisotopic (exact) mass is 340 g/mol. The molecule has 0 spiro atoms. The molecule has 2 heterocycles.